The lowest BCUT2D eigenvalue weighted by Gasteiger charge is -2.22. The third kappa shape index (κ3) is 5.40. The summed E-state index contributed by atoms with van der Waals surface area (Å²) in [7, 11) is 0. The van der Waals surface area contributed by atoms with E-state index in [9.17, 15) is 4.79 Å². The number of ether oxygens (including phenoxy) is 1. The lowest BCUT2D eigenvalue weighted by molar-refractivity contribution is -0.143. The fraction of sp³-hybridized carbons (Fsp3) is 0.700. The first-order valence-electron chi connectivity index (χ1n) is 4.86. The number of esters is 1. The van der Waals surface area contributed by atoms with Crippen LogP contribution < -0.4 is 0 Å². The standard InChI is InChI=1S/C10H17NO2.BrH/c1-2-13-10(12)6-9-11-7-4-3-5-8-11;/h3-4H,2,5-9H2,1H3;1H. The van der Waals surface area contributed by atoms with E-state index in [2.05, 4.69) is 17.1 Å². The molecule has 0 unspecified atom stereocenters. The van der Waals surface area contributed by atoms with Crippen LogP contribution in [0.25, 0.3) is 0 Å². The van der Waals surface area contributed by atoms with Crippen LogP contribution in [0.1, 0.15) is 19.8 Å². The van der Waals surface area contributed by atoms with E-state index >= 15 is 0 Å². The van der Waals surface area contributed by atoms with Crippen molar-refractivity contribution in [3.05, 3.63) is 12.2 Å². The van der Waals surface area contributed by atoms with Crippen molar-refractivity contribution in [3.8, 4) is 0 Å². The third-order valence-corrected chi connectivity index (χ3v) is 2.08. The molecule has 0 spiro atoms. The van der Waals surface area contributed by atoms with E-state index in [0.717, 1.165) is 26.1 Å². The molecule has 0 bridgehead atoms. The highest BCUT2D eigenvalue weighted by molar-refractivity contribution is 8.93. The van der Waals surface area contributed by atoms with Crippen LogP contribution in [0, 0.1) is 0 Å². The van der Waals surface area contributed by atoms with Gasteiger partial charge in [0.25, 0.3) is 0 Å². The second-order valence-electron chi connectivity index (χ2n) is 3.12. The van der Waals surface area contributed by atoms with Crippen molar-refractivity contribution in [1.29, 1.82) is 0 Å². The molecule has 0 fully saturated rings. The minimum absolute atomic E-state index is 0. The molecule has 1 heterocycles. The SMILES string of the molecule is Br.CCOC(=O)CCN1CC=CCC1. The number of hydrogen-bond donors (Lipinski definition) is 0. The molecule has 0 amide bonds. The Hall–Kier alpha value is -0.350. The summed E-state index contributed by atoms with van der Waals surface area (Å²) >= 11 is 0. The maximum absolute atomic E-state index is 11.0. The van der Waals surface area contributed by atoms with Crippen molar-refractivity contribution in [2.24, 2.45) is 0 Å². The second kappa shape index (κ2) is 8.00. The minimum Gasteiger partial charge on any atom is -0.466 e. The average molecular weight is 264 g/mol. The Balaban J connectivity index is 0.00000169. The van der Waals surface area contributed by atoms with Gasteiger partial charge in [0, 0.05) is 19.6 Å². The summed E-state index contributed by atoms with van der Waals surface area (Å²) in [6, 6.07) is 0. The first-order valence-corrected chi connectivity index (χ1v) is 4.86. The van der Waals surface area contributed by atoms with Gasteiger partial charge in [-0.1, -0.05) is 12.2 Å². The van der Waals surface area contributed by atoms with Gasteiger partial charge in [-0.15, -0.1) is 17.0 Å². The van der Waals surface area contributed by atoms with E-state index in [4.69, 9.17) is 4.74 Å². The van der Waals surface area contributed by atoms with Gasteiger partial charge in [-0.2, -0.15) is 0 Å². The number of nitrogens with zero attached hydrogens (tertiary/aromatic N) is 1. The van der Waals surface area contributed by atoms with Crippen LogP contribution in [0.2, 0.25) is 0 Å². The molecule has 1 aliphatic heterocycles. The Bertz CT molecular complexity index is 195. The third-order valence-electron chi connectivity index (χ3n) is 2.08. The molecular formula is C10H18BrNO2. The van der Waals surface area contributed by atoms with Gasteiger partial charge in [0.1, 0.15) is 0 Å². The predicted octanol–water partition coefficient (Wildman–Crippen LogP) is 1.78. The smallest absolute Gasteiger partial charge is 0.307 e. The average Bonchev–Trinajstić information content (AvgIpc) is 2.17. The molecule has 0 aliphatic carbocycles. The zero-order valence-electron chi connectivity index (χ0n) is 8.57. The lowest BCUT2D eigenvalue weighted by Crippen LogP contribution is -2.29. The van der Waals surface area contributed by atoms with Gasteiger partial charge in [-0.25, -0.2) is 0 Å². The van der Waals surface area contributed by atoms with Gasteiger partial charge in [0.2, 0.25) is 0 Å². The van der Waals surface area contributed by atoms with Crippen LogP contribution in [-0.4, -0.2) is 37.1 Å². The fourth-order valence-electron chi connectivity index (χ4n) is 1.38. The summed E-state index contributed by atoms with van der Waals surface area (Å²) in [5, 5.41) is 0. The van der Waals surface area contributed by atoms with E-state index in [1.165, 1.54) is 0 Å². The molecule has 0 N–H and O–H groups in total. The molecular weight excluding hydrogens is 246 g/mol. The van der Waals surface area contributed by atoms with E-state index in [1.807, 2.05) is 6.92 Å². The topological polar surface area (TPSA) is 29.5 Å². The highest BCUT2D eigenvalue weighted by Gasteiger charge is 2.08. The van der Waals surface area contributed by atoms with E-state index < -0.39 is 0 Å². The Labute approximate surface area is 95.9 Å². The Morgan fingerprint density at radius 2 is 2.29 bits per heavy atom. The van der Waals surface area contributed by atoms with Crippen LogP contribution in [-0.2, 0) is 9.53 Å². The van der Waals surface area contributed by atoms with Gasteiger partial charge >= 0.3 is 5.97 Å². The highest BCUT2D eigenvalue weighted by atomic mass is 79.9. The van der Waals surface area contributed by atoms with Crippen LogP contribution in [0.3, 0.4) is 0 Å². The Kier molecular flexibility index (Phi) is 7.80. The van der Waals surface area contributed by atoms with Gasteiger partial charge < -0.3 is 4.74 Å². The van der Waals surface area contributed by atoms with Gasteiger partial charge in [0.15, 0.2) is 0 Å². The minimum atomic E-state index is -0.0861. The summed E-state index contributed by atoms with van der Waals surface area (Å²) in [5.41, 5.74) is 0. The normalized spacial score (nSPS) is 16.1. The molecule has 3 nitrogen and oxygen atoms in total. The molecule has 1 aliphatic rings. The molecule has 4 heteroatoms. The fourth-order valence-corrected chi connectivity index (χ4v) is 1.38. The van der Waals surface area contributed by atoms with Crippen LogP contribution in [0.4, 0.5) is 0 Å². The van der Waals surface area contributed by atoms with Crippen LogP contribution in [0.5, 0.6) is 0 Å². The van der Waals surface area contributed by atoms with Gasteiger partial charge in [0.05, 0.1) is 13.0 Å². The molecule has 0 atom stereocenters. The molecule has 0 aromatic rings. The summed E-state index contributed by atoms with van der Waals surface area (Å²) in [6.07, 6.45) is 5.94. The molecule has 0 saturated heterocycles. The van der Waals surface area contributed by atoms with Crippen molar-refractivity contribution in [2.75, 3.05) is 26.2 Å². The van der Waals surface area contributed by atoms with E-state index in [1.54, 1.807) is 0 Å². The molecule has 0 aromatic carbocycles. The number of rotatable bonds is 4. The summed E-state index contributed by atoms with van der Waals surface area (Å²) in [4.78, 5) is 13.3. The van der Waals surface area contributed by atoms with Gasteiger partial charge in [-0.3, -0.25) is 9.69 Å². The van der Waals surface area contributed by atoms with E-state index in [0.29, 0.717) is 13.0 Å². The largest absolute Gasteiger partial charge is 0.466 e. The van der Waals surface area contributed by atoms with Crippen molar-refractivity contribution in [1.82, 2.24) is 4.90 Å². The summed E-state index contributed by atoms with van der Waals surface area (Å²) < 4.78 is 4.85. The van der Waals surface area contributed by atoms with Crippen LogP contribution in [0.15, 0.2) is 12.2 Å². The Morgan fingerprint density at radius 1 is 1.50 bits per heavy atom. The second-order valence-corrected chi connectivity index (χ2v) is 3.12. The number of halogens is 1. The Morgan fingerprint density at radius 3 is 2.86 bits per heavy atom. The zero-order chi connectivity index (χ0) is 9.52. The van der Waals surface area contributed by atoms with Crippen LogP contribution >= 0.6 is 17.0 Å². The molecule has 1 rings (SSSR count). The highest BCUT2D eigenvalue weighted by Crippen LogP contribution is 2.02. The van der Waals surface area contributed by atoms with Crippen molar-refractivity contribution >= 4 is 23.0 Å². The number of hydrogen-bond acceptors (Lipinski definition) is 3. The first kappa shape index (κ1) is 13.7. The summed E-state index contributed by atoms with van der Waals surface area (Å²) in [5.74, 6) is -0.0861. The maximum Gasteiger partial charge on any atom is 0.307 e. The predicted molar refractivity (Wildman–Crippen MR) is 61.8 cm³/mol. The lowest BCUT2D eigenvalue weighted by atomic mass is 10.2. The number of carbonyl (C=O) groups excluding carboxylic acids is 1. The molecule has 0 aromatic heterocycles. The van der Waals surface area contributed by atoms with Crippen molar-refractivity contribution < 1.29 is 9.53 Å². The summed E-state index contributed by atoms with van der Waals surface area (Å²) in [6.45, 7) is 5.18. The molecule has 14 heavy (non-hydrogen) atoms. The first-order chi connectivity index (χ1) is 6.33. The molecule has 0 saturated carbocycles. The van der Waals surface area contributed by atoms with E-state index in [-0.39, 0.29) is 23.0 Å². The quantitative estimate of drug-likeness (QED) is 0.572. The zero-order valence-corrected chi connectivity index (χ0v) is 10.3. The molecule has 82 valence electrons. The van der Waals surface area contributed by atoms with Gasteiger partial charge in [-0.05, 0) is 13.3 Å². The maximum atomic E-state index is 11.0. The van der Waals surface area contributed by atoms with Crippen molar-refractivity contribution in [2.45, 2.75) is 19.8 Å². The molecule has 0 radical (unpaired) electrons. The number of carbonyl (C=O) groups is 1. The monoisotopic (exact) mass is 263 g/mol. The van der Waals surface area contributed by atoms with Crippen molar-refractivity contribution in [3.63, 3.8) is 0 Å².